The first kappa shape index (κ1) is 15.8. The quantitative estimate of drug-likeness (QED) is 0.743. The van der Waals surface area contributed by atoms with Crippen molar-refractivity contribution in [2.75, 3.05) is 18.6 Å². The summed E-state index contributed by atoms with van der Waals surface area (Å²) in [6.45, 7) is -2.01. The van der Waals surface area contributed by atoms with Crippen molar-refractivity contribution in [3.63, 3.8) is 0 Å². The average molecular weight is 293 g/mol. The summed E-state index contributed by atoms with van der Waals surface area (Å²) in [5, 5.41) is 3.00. The summed E-state index contributed by atoms with van der Waals surface area (Å²) in [6, 6.07) is 6.50. The molecule has 0 saturated heterocycles. The highest BCUT2D eigenvalue weighted by Crippen LogP contribution is 2.19. The molecule has 1 aromatic rings. The number of rotatable bonds is 8. The smallest absolute Gasteiger partial charge is 0.387 e. The third kappa shape index (κ3) is 7.07. The van der Waals surface area contributed by atoms with Gasteiger partial charge in [0, 0.05) is 18.4 Å². The van der Waals surface area contributed by atoms with Crippen molar-refractivity contribution in [3.05, 3.63) is 29.8 Å². The first-order valence-corrected chi connectivity index (χ1v) is 7.86. The van der Waals surface area contributed by atoms with Gasteiger partial charge in [-0.15, -0.1) is 0 Å². The first-order chi connectivity index (χ1) is 8.88. The SMILES string of the molecule is CS(=O)(=O)CCCNCc1ccccc1OC(F)F. The highest BCUT2D eigenvalue weighted by Gasteiger charge is 2.08. The number of para-hydroxylation sites is 1. The van der Waals surface area contributed by atoms with Crippen LogP contribution in [-0.4, -0.2) is 33.6 Å². The summed E-state index contributed by atoms with van der Waals surface area (Å²) in [7, 11) is -2.96. The van der Waals surface area contributed by atoms with Gasteiger partial charge in [-0.1, -0.05) is 18.2 Å². The number of benzene rings is 1. The van der Waals surface area contributed by atoms with E-state index in [4.69, 9.17) is 0 Å². The van der Waals surface area contributed by atoms with E-state index in [-0.39, 0.29) is 11.5 Å². The molecule has 0 amide bonds. The van der Waals surface area contributed by atoms with Crippen molar-refractivity contribution in [2.45, 2.75) is 19.6 Å². The van der Waals surface area contributed by atoms with Crippen LogP contribution in [0.2, 0.25) is 0 Å². The molecule has 0 saturated carbocycles. The second-order valence-electron chi connectivity index (χ2n) is 4.15. The number of hydrogen-bond donors (Lipinski definition) is 1. The molecule has 0 aliphatic rings. The van der Waals surface area contributed by atoms with Gasteiger partial charge >= 0.3 is 6.61 Å². The summed E-state index contributed by atoms with van der Waals surface area (Å²) < 4.78 is 50.5. The number of alkyl halides is 2. The lowest BCUT2D eigenvalue weighted by molar-refractivity contribution is -0.0504. The van der Waals surface area contributed by atoms with Gasteiger partial charge < -0.3 is 10.1 Å². The Hall–Kier alpha value is -1.21. The van der Waals surface area contributed by atoms with Gasteiger partial charge in [0.1, 0.15) is 15.6 Å². The maximum absolute atomic E-state index is 12.2. The molecular formula is C12H17F2NO3S. The number of hydrogen-bond acceptors (Lipinski definition) is 4. The van der Waals surface area contributed by atoms with Crippen LogP contribution in [0.3, 0.4) is 0 Å². The van der Waals surface area contributed by atoms with Gasteiger partial charge in [0.15, 0.2) is 0 Å². The van der Waals surface area contributed by atoms with Gasteiger partial charge in [-0.3, -0.25) is 0 Å². The van der Waals surface area contributed by atoms with E-state index in [1.807, 2.05) is 0 Å². The van der Waals surface area contributed by atoms with E-state index in [9.17, 15) is 17.2 Å². The minimum Gasteiger partial charge on any atom is -0.434 e. The van der Waals surface area contributed by atoms with Crippen molar-refractivity contribution in [1.82, 2.24) is 5.32 Å². The first-order valence-electron chi connectivity index (χ1n) is 5.79. The number of sulfone groups is 1. The zero-order valence-corrected chi connectivity index (χ0v) is 11.4. The van der Waals surface area contributed by atoms with E-state index in [2.05, 4.69) is 10.1 Å². The summed E-state index contributed by atoms with van der Waals surface area (Å²) in [5.41, 5.74) is 0.613. The van der Waals surface area contributed by atoms with Gasteiger partial charge in [0.25, 0.3) is 0 Å². The van der Waals surface area contributed by atoms with E-state index in [0.717, 1.165) is 0 Å². The summed E-state index contributed by atoms with van der Waals surface area (Å²) >= 11 is 0. The molecule has 1 N–H and O–H groups in total. The molecule has 0 aromatic heterocycles. The molecule has 1 rings (SSSR count). The Kier molecular flexibility index (Phi) is 6.17. The van der Waals surface area contributed by atoms with Crippen LogP contribution >= 0.6 is 0 Å². The lowest BCUT2D eigenvalue weighted by Crippen LogP contribution is -2.18. The molecular weight excluding hydrogens is 276 g/mol. The molecule has 0 aliphatic heterocycles. The molecule has 7 heteroatoms. The van der Waals surface area contributed by atoms with Crippen molar-refractivity contribution in [1.29, 1.82) is 0 Å². The molecule has 108 valence electrons. The molecule has 0 heterocycles. The molecule has 4 nitrogen and oxygen atoms in total. The van der Waals surface area contributed by atoms with Crippen molar-refractivity contribution >= 4 is 9.84 Å². The highest BCUT2D eigenvalue weighted by atomic mass is 32.2. The number of halogens is 2. The Balaban J connectivity index is 2.40. The average Bonchev–Trinajstić information content (AvgIpc) is 2.28. The van der Waals surface area contributed by atoms with Crippen molar-refractivity contribution in [2.24, 2.45) is 0 Å². The third-order valence-electron chi connectivity index (χ3n) is 2.37. The largest absolute Gasteiger partial charge is 0.434 e. The molecule has 0 radical (unpaired) electrons. The van der Waals surface area contributed by atoms with Crippen molar-refractivity contribution in [3.8, 4) is 5.75 Å². The maximum Gasteiger partial charge on any atom is 0.387 e. The monoisotopic (exact) mass is 293 g/mol. The summed E-state index contributed by atoms with van der Waals surface area (Å²) in [6.07, 6.45) is 1.66. The van der Waals surface area contributed by atoms with Gasteiger partial charge in [-0.05, 0) is 19.0 Å². The van der Waals surface area contributed by atoms with Crippen LogP contribution in [0.15, 0.2) is 24.3 Å². The molecule has 1 aromatic carbocycles. The zero-order chi connectivity index (χ0) is 14.3. The molecule has 0 fully saturated rings. The van der Waals surface area contributed by atoms with Gasteiger partial charge in [0.2, 0.25) is 0 Å². The molecule has 0 spiro atoms. The van der Waals surface area contributed by atoms with Crippen LogP contribution in [0.1, 0.15) is 12.0 Å². The van der Waals surface area contributed by atoms with E-state index < -0.39 is 16.4 Å². The van der Waals surface area contributed by atoms with Crippen LogP contribution in [0.5, 0.6) is 5.75 Å². The molecule has 19 heavy (non-hydrogen) atoms. The maximum atomic E-state index is 12.2. The van der Waals surface area contributed by atoms with Crippen molar-refractivity contribution < 1.29 is 21.9 Å². The number of ether oxygens (including phenoxy) is 1. The topological polar surface area (TPSA) is 55.4 Å². The normalized spacial score (nSPS) is 11.8. The second-order valence-corrected chi connectivity index (χ2v) is 6.41. The predicted octanol–water partition coefficient (Wildman–Crippen LogP) is 1.81. The van der Waals surface area contributed by atoms with Gasteiger partial charge in [-0.25, -0.2) is 8.42 Å². The minimum atomic E-state index is -2.96. The minimum absolute atomic E-state index is 0.106. The Morgan fingerprint density at radius 3 is 2.63 bits per heavy atom. The van der Waals surface area contributed by atoms with Crippen LogP contribution in [-0.2, 0) is 16.4 Å². The zero-order valence-electron chi connectivity index (χ0n) is 10.6. The van der Waals surface area contributed by atoms with E-state index >= 15 is 0 Å². The van der Waals surface area contributed by atoms with E-state index in [1.54, 1.807) is 18.2 Å². The lowest BCUT2D eigenvalue weighted by Gasteiger charge is -2.11. The highest BCUT2D eigenvalue weighted by molar-refractivity contribution is 7.90. The summed E-state index contributed by atoms with van der Waals surface area (Å²) in [5.74, 6) is 0.239. The Labute approximate surface area is 111 Å². The molecule has 0 aliphatic carbocycles. The fourth-order valence-electron chi connectivity index (χ4n) is 1.54. The third-order valence-corrected chi connectivity index (χ3v) is 3.40. The van der Waals surface area contributed by atoms with Crippen LogP contribution < -0.4 is 10.1 Å². The van der Waals surface area contributed by atoms with E-state index in [0.29, 0.717) is 25.1 Å². The standard InChI is InChI=1S/C12H17F2NO3S/c1-19(16,17)8-4-7-15-9-10-5-2-3-6-11(10)18-12(13)14/h2-3,5-6,12,15H,4,7-9H2,1H3. The molecule has 0 atom stereocenters. The molecule has 0 bridgehead atoms. The fraction of sp³-hybridized carbons (Fsp3) is 0.500. The van der Waals surface area contributed by atoms with Gasteiger partial charge in [-0.2, -0.15) is 8.78 Å². The Morgan fingerprint density at radius 1 is 1.32 bits per heavy atom. The van der Waals surface area contributed by atoms with E-state index in [1.165, 1.54) is 12.3 Å². The lowest BCUT2D eigenvalue weighted by atomic mass is 10.2. The number of nitrogens with one attached hydrogen (secondary N) is 1. The summed E-state index contributed by atoms with van der Waals surface area (Å²) in [4.78, 5) is 0. The van der Waals surface area contributed by atoms with Crippen LogP contribution in [0, 0.1) is 0 Å². The van der Waals surface area contributed by atoms with Crippen LogP contribution in [0.4, 0.5) is 8.78 Å². The predicted molar refractivity (Wildman–Crippen MR) is 69.1 cm³/mol. The molecule has 0 unspecified atom stereocenters. The van der Waals surface area contributed by atoms with Gasteiger partial charge in [0.05, 0.1) is 5.75 Å². The second kappa shape index (κ2) is 7.40. The van der Waals surface area contributed by atoms with Crippen LogP contribution in [0.25, 0.3) is 0 Å². The Morgan fingerprint density at radius 2 is 2.00 bits per heavy atom. The Bertz CT molecular complexity index is 492. The fourth-order valence-corrected chi connectivity index (χ4v) is 2.21.